The Morgan fingerprint density at radius 3 is 1.19 bits per heavy atom. The molecule has 2 nitrogen and oxygen atoms in total. The summed E-state index contributed by atoms with van der Waals surface area (Å²) in [7, 11) is 0.504. The minimum atomic E-state index is -1.77. The summed E-state index contributed by atoms with van der Waals surface area (Å²) in [5.74, 6) is 0. The lowest BCUT2D eigenvalue weighted by Crippen LogP contribution is -2.15. The van der Waals surface area contributed by atoms with Crippen molar-refractivity contribution in [3.05, 3.63) is 0 Å². The van der Waals surface area contributed by atoms with E-state index in [0.717, 1.165) is 0 Å². The Hall–Kier alpha value is 1.50. The molecule has 106 valence electrons. The van der Waals surface area contributed by atoms with Crippen LogP contribution in [0.5, 0.6) is 0 Å². The van der Waals surface area contributed by atoms with Gasteiger partial charge in [0.05, 0.1) is 0 Å². The zero-order valence-corrected chi connectivity index (χ0v) is 13.2. The van der Waals surface area contributed by atoms with Gasteiger partial charge in [-0.1, -0.05) is 29.7 Å². The van der Waals surface area contributed by atoms with Gasteiger partial charge in [0.2, 0.25) is 6.69 Å². The summed E-state index contributed by atoms with van der Waals surface area (Å²) in [6, 6.07) is 0. The maximum atomic E-state index is 10.1. The molecule has 0 aliphatic heterocycles. The molecule has 0 N–H and O–H groups in total. The lowest BCUT2D eigenvalue weighted by Gasteiger charge is -2.06. The average Bonchev–Trinajstić information content (AvgIpc) is 1.85. The molecule has 0 bridgehead atoms. The van der Waals surface area contributed by atoms with Crippen LogP contribution in [-0.4, -0.2) is 14.7 Å². The summed E-state index contributed by atoms with van der Waals surface area (Å²) in [4.78, 5) is 0. The van der Waals surface area contributed by atoms with Gasteiger partial charge < -0.3 is 4.21 Å². The van der Waals surface area contributed by atoms with E-state index in [1.807, 2.05) is 26.2 Å². The molecule has 0 aromatic rings. The second-order valence-corrected chi connectivity index (χ2v) is 19.7. The second kappa shape index (κ2) is 16.5. The molecule has 0 aromatic heterocycles. The first-order valence-electron chi connectivity index (χ1n) is 3.22. The van der Waals surface area contributed by atoms with E-state index in [9.17, 15) is 4.57 Å². The van der Waals surface area contributed by atoms with Gasteiger partial charge in [0.1, 0.15) is 0 Å². The van der Waals surface area contributed by atoms with Crippen molar-refractivity contribution < 1.29 is 8.78 Å². The number of rotatable bonds is 2. The number of halogens is 2. The largest absolute Gasteiger partial charge is 0.389 e. The molecule has 0 rings (SSSR count). The molecule has 0 aromatic carbocycles. The van der Waals surface area contributed by atoms with E-state index in [2.05, 4.69) is 9.47 Å². The fraction of sp³-hybridized carbons (Fsp3) is 1.00. The number of hydrogen-bond donors (Lipinski definition) is 0. The second-order valence-electron chi connectivity index (χ2n) is 2.98. The molecule has 0 aliphatic carbocycles. The molecule has 0 radical (unpaired) electrons. The van der Waals surface area contributed by atoms with Crippen LogP contribution >= 0.6 is 39.6 Å². The van der Waals surface area contributed by atoms with E-state index in [-0.39, 0.29) is 37.7 Å². The third-order valence-corrected chi connectivity index (χ3v) is 5.52. The molecule has 0 heterocycles. The predicted octanol–water partition coefficient (Wildman–Crippen LogP) is 6.50. The van der Waals surface area contributed by atoms with Gasteiger partial charge in [-0.15, -0.1) is 22.2 Å². The van der Waals surface area contributed by atoms with Crippen molar-refractivity contribution in [2.24, 2.45) is 0 Å². The van der Waals surface area contributed by atoms with E-state index < -0.39 is 14.7 Å². The molecule has 0 saturated carbocycles. The van der Waals surface area contributed by atoms with Crippen molar-refractivity contribution in [2.45, 2.75) is 55.9 Å². The Balaban J connectivity index is -0.0000000258. The minimum absolute atomic E-state index is 0. The van der Waals surface area contributed by atoms with Crippen LogP contribution in [0.25, 0.3) is 0 Å². The Bertz CT molecular complexity index is 138. The summed E-state index contributed by atoms with van der Waals surface area (Å²) in [5, 5.41) is 0. The third kappa shape index (κ3) is 57.9. The normalized spacial score (nSPS) is 9.19. The minimum Gasteiger partial charge on any atom is -0.389 e. The van der Waals surface area contributed by atoms with Crippen molar-refractivity contribution in [3.63, 3.8) is 0 Å². The van der Waals surface area contributed by atoms with Crippen LogP contribution in [0.4, 0.5) is 0 Å². The molecule has 0 fully saturated rings. The highest BCUT2D eigenvalue weighted by atomic mass is 35.7. The van der Waals surface area contributed by atoms with Crippen molar-refractivity contribution in [1.82, 2.24) is 0 Å². The smallest absolute Gasteiger partial charge is 0.293 e. The van der Waals surface area contributed by atoms with Crippen molar-refractivity contribution in [2.75, 3.05) is 0 Å². The van der Waals surface area contributed by atoms with Gasteiger partial charge in [-0.05, 0) is 35.7 Å². The van der Waals surface area contributed by atoms with Gasteiger partial charge >= 0.3 is 0 Å². The van der Waals surface area contributed by atoms with Crippen molar-refractivity contribution in [1.29, 1.82) is 0 Å². The first-order valence-corrected chi connectivity index (χ1v) is 13.3. The molecule has 8 heteroatoms. The highest BCUT2D eigenvalue weighted by Gasteiger charge is 2.20. The molecule has 1 unspecified atom stereocenters. The molecule has 0 aliphatic rings. The zero-order chi connectivity index (χ0) is 10.4. The Morgan fingerprint density at radius 1 is 1.00 bits per heavy atom. The summed E-state index contributed by atoms with van der Waals surface area (Å²) in [5.41, 5.74) is 0. The molecule has 16 heavy (non-hydrogen) atoms. The summed E-state index contributed by atoms with van der Waals surface area (Å²) >= 11 is 10.9. The first kappa shape index (κ1) is 36.0. The Morgan fingerprint density at radius 2 is 1.19 bits per heavy atom. The van der Waals surface area contributed by atoms with E-state index in [1.54, 1.807) is 0 Å². The van der Waals surface area contributed by atoms with Gasteiger partial charge in [-0.25, -0.2) is 0 Å². The number of hydrogen-bond acceptors (Lipinski definition) is 2. The van der Waals surface area contributed by atoms with Gasteiger partial charge in [0.25, 0.3) is 7.98 Å². The van der Waals surface area contributed by atoms with E-state index >= 15 is 0 Å². The zero-order valence-electron chi connectivity index (χ0n) is 7.60. The van der Waals surface area contributed by atoms with Gasteiger partial charge in [0.15, 0.2) is 8.01 Å². The maximum Gasteiger partial charge on any atom is 0.293 e. The van der Waals surface area contributed by atoms with Crippen LogP contribution in [0.1, 0.15) is 29.7 Å². The monoisotopic (exact) mass is 346 g/mol. The van der Waals surface area contributed by atoms with Gasteiger partial charge in [-0.2, -0.15) is 0 Å². The predicted molar refractivity (Wildman–Crippen MR) is 92.0 cm³/mol. The van der Waals surface area contributed by atoms with E-state index in [1.165, 1.54) is 0 Å². The quantitative estimate of drug-likeness (QED) is 0.324. The van der Waals surface area contributed by atoms with Gasteiger partial charge in [0, 0.05) is 0 Å². The first-order chi connectivity index (χ1) is 5.12. The summed E-state index contributed by atoms with van der Waals surface area (Å²) < 4.78 is 14.9. The SMILES string of the molecule is C.C.C.C.C[Si](C)(Cl)Cl.C[Si](C)(OP)P=O. The van der Waals surface area contributed by atoms with Gasteiger partial charge in [-0.3, -0.25) is 4.57 Å². The molecule has 1 atom stereocenters. The molecule has 0 spiro atoms. The lowest BCUT2D eigenvalue weighted by atomic mass is 11.9. The highest BCUT2D eigenvalue weighted by Crippen LogP contribution is 2.20. The third-order valence-electron chi connectivity index (χ3n) is 0.508. The molecular formula is C8H30Cl2O2P2Si2. The van der Waals surface area contributed by atoms with Crippen LogP contribution in [0.15, 0.2) is 0 Å². The van der Waals surface area contributed by atoms with Crippen LogP contribution in [0.2, 0.25) is 26.2 Å². The van der Waals surface area contributed by atoms with Crippen LogP contribution in [-0.2, 0) is 8.78 Å². The van der Waals surface area contributed by atoms with Crippen molar-refractivity contribution >= 4 is 54.3 Å². The molecule has 0 amide bonds. The fourth-order valence-electron chi connectivity index (χ4n) is 0.0215. The molecule has 0 saturated heterocycles. The summed E-state index contributed by atoms with van der Waals surface area (Å²) in [6.45, 7) is 5.79. The van der Waals surface area contributed by atoms with Crippen molar-refractivity contribution in [3.8, 4) is 0 Å². The topological polar surface area (TPSA) is 26.3 Å². The van der Waals surface area contributed by atoms with E-state index in [0.29, 0.717) is 0 Å². The van der Waals surface area contributed by atoms with Crippen LogP contribution in [0, 0.1) is 0 Å². The summed E-state index contributed by atoms with van der Waals surface area (Å²) in [6.07, 6.45) is 0. The average molecular weight is 347 g/mol. The molecular weight excluding hydrogens is 317 g/mol. The maximum absolute atomic E-state index is 10.1. The van der Waals surface area contributed by atoms with Crippen LogP contribution < -0.4 is 0 Å². The van der Waals surface area contributed by atoms with Crippen LogP contribution in [0.3, 0.4) is 0 Å². The Labute approximate surface area is 119 Å². The lowest BCUT2D eigenvalue weighted by molar-refractivity contribution is 0.595. The fourth-order valence-corrected chi connectivity index (χ4v) is 0.581. The standard InChI is InChI=1S/C2H6Cl2Si.C2H8O2P2Si.4CH4/c1-5(2,3)4;1-7(2,4-5)6-3;;;;/h1-2H3;5H2,1-2H3;4*1H4. The highest BCUT2D eigenvalue weighted by molar-refractivity contribution is 7.72. The Kier molecular flexibility index (Phi) is 37.2. The van der Waals surface area contributed by atoms with E-state index in [4.69, 9.17) is 26.4 Å².